The molecule has 2 aliphatic rings. The fraction of sp³-hybridized carbons (Fsp3) is 0.933. The van der Waals surface area contributed by atoms with Crippen LogP contribution in [0.1, 0.15) is 32.6 Å². The maximum absolute atomic E-state index is 12.4. The van der Waals surface area contributed by atoms with Crippen LogP contribution in [0.5, 0.6) is 0 Å². The zero-order chi connectivity index (χ0) is 14.5. The van der Waals surface area contributed by atoms with Gasteiger partial charge in [0.15, 0.2) is 0 Å². The second-order valence-corrected chi connectivity index (χ2v) is 6.43. The number of amides is 1. The van der Waals surface area contributed by atoms with Crippen LogP contribution in [-0.2, 0) is 4.79 Å². The van der Waals surface area contributed by atoms with Gasteiger partial charge in [0.05, 0.1) is 6.04 Å². The number of nitrogens with one attached hydrogen (secondary N) is 2. The fourth-order valence-corrected chi connectivity index (χ4v) is 3.19. The molecule has 0 aliphatic carbocycles. The Balaban J connectivity index is 1.84. The van der Waals surface area contributed by atoms with Gasteiger partial charge in [0.1, 0.15) is 0 Å². The minimum absolute atomic E-state index is 0.104. The van der Waals surface area contributed by atoms with Gasteiger partial charge in [0.25, 0.3) is 0 Å². The van der Waals surface area contributed by atoms with Crippen molar-refractivity contribution in [2.24, 2.45) is 0 Å². The van der Waals surface area contributed by atoms with Gasteiger partial charge in [-0.1, -0.05) is 0 Å². The van der Waals surface area contributed by atoms with Crippen LogP contribution in [-0.4, -0.2) is 74.1 Å². The molecule has 20 heavy (non-hydrogen) atoms. The Bertz CT molecular complexity index is 315. The molecule has 0 aromatic heterocycles. The second kappa shape index (κ2) is 7.38. The van der Waals surface area contributed by atoms with E-state index in [9.17, 15) is 4.79 Å². The van der Waals surface area contributed by atoms with Crippen molar-refractivity contribution in [2.75, 3.05) is 40.3 Å². The van der Waals surface area contributed by atoms with E-state index in [0.717, 1.165) is 39.0 Å². The first-order valence-electron chi connectivity index (χ1n) is 8.00. The molecule has 2 fully saturated rings. The van der Waals surface area contributed by atoms with Crippen LogP contribution in [0.15, 0.2) is 0 Å². The lowest BCUT2D eigenvalue weighted by Gasteiger charge is -2.35. The van der Waals surface area contributed by atoms with Crippen LogP contribution >= 0.6 is 0 Å². The molecule has 0 spiro atoms. The zero-order valence-corrected chi connectivity index (χ0v) is 13.2. The van der Waals surface area contributed by atoms with Gasteiger partial charge >= 0.3 is 0 Å². The molecular formula is C15H30N4O. The molecular weight excluding hydrogens is 252 g/mol. The number of hydrogen-bond donors (Lipinski definition) is 2. The quantitative estimate of drug-likeness (QED) is 0.760. The minimum atomic E-state index is 0.104. The van der Waals surface area contributed by atoms with Crippen LogP contribution in [0.3, 0.4) is 0 Å². The number of piperidine rings is 1. The summed E-state index contributed by atoms with van der Waals surface area (Å²) in [5.41, 5.74) is 0. The van der Waals surface area contributed by atoms with Crippen LogP contribution in [0.2, 0.25) is 0 Å². The summed E-state index contributed by atoms with van der Waals surface area (Å²) < 4.78 is 0. The summed E-state index contributed by atoms with van der Waals surface area (Å²) >= 11 is 0. The molecule has 2 atom stereocenters. The third-order valence-corrected chi connectivity index (χ3v) is 4.83. The first kappa shape index (κ1) is 15.7. The van der Waals surface area contributed by atoms with Gasteiger partial charge in [0.2, 0.25) is 5.91 Å². The Hall–Kier alpha value is -0.650. The van der Waals surface area contributed by atoms with E-state index in [4.69, 9.17) is 0 Å². The Morgan fingerprint density at radius 1 is 1.35 bits per heavy atom. The summed E-state index contributed by atoms with van der Waals surface area (Å²) in [6.07, 6.45) is 4.53. The van der Waals surface area contributed by atoms with Crippen molar-refractivity contribution in [1.29, 1.82) is 0 Å². The van der Waals surface area contributed by atoms with E-state index in [0.29, 0.717) is 12.1 Å². The summed E-state index contributed by atoms with van der Waals surface area (Å²) in [4.78, 5) is 17.0. The van der Waals surface area contributed by atoms with Crippen LogP contribution < -0.4 is 10.6 Å². The van der Waals surface area contributed by atoms with Gasteiger partial charge in [-0.05, 0) is 66.3 Å². The summed E-state index contributed by atoms with van der Waals surface area (Å²) in [6.45, 7) is 6.15. The summed E-state index contributed by atoms with van der Waals surface area (Å²) in [5, 5.41) is 6.54. The number of likely N-dealkylation sites (tertiary alicyclic amines) is 1. The van der Waals surface area contributed by atoms with E-state index in [1.165, 1.54) is 12.8 Å². The van der Waals surface area contributed by atoms with E-state index < -0.39 is 0 Å². The van der Waals surface area contributed by atoms with Gasteiger partial charge in [-0.25, -0.2) is 0 Å². The Morgan fingerprint density at radius 2 is 2.05 bits per heavy atom. The molecule has 2 unspecified atom stereocenters. The van der Waals surface area contributed by atoms with Crippen LogP contribution in [0, 0.1) is 0 Å². The highest BCUT2D eigenvalue weighted by Crippen LogP contribution is 2.24. The molecule has 0 bridgehead atoms. The molecule has 2 rings (SSSR count). The SMILES string of the molecule is CC(CNC(=O)C1CCCN1C1CCNCC1)N(C)C. The lowest BCUT2D eigenvalue weighted by molar-refractivity contribution is -0.126. The summed E-state index contributed by atoms with van der Waals surface area (Å²) in [7, 11) is 4.10. The van der Waals surface area contributed by atoms with Crippen molar-refractivity contribution < 1.29 is 4.79 Å². The smallest absolute Gasteiger partial charge is 0.237 e. The first-order chi connectivity index (χ1) is 9.59. The van der Waals surface area contributed by atoms with Crippen molar-refractivity contribution >= 4 is 5.91 Å². The molecule has 0 saturated carbocycles. The average molecular weight is 282 g/mol. The Labute approximate surface area is 123 Å². The largest absolute Gasteiger partial charge is 0.353 e. The summed E-state index contributed by atoms with van der Waals surface area (Å²) in [6, 6.07) is 1.08. The zero-order valence-electron chi connectivity index (χ0n) is 13.2. The second-order valence-electron chi connectivity index (χ2n) is 6.43. The molecule has 2 heterocycles. The van der Waals surface area contributed by atoms with Gasteiger partial charge < -0.3 is 15.5 Å². The highest BCUT2D eigenvalue weighted by Gasteiger charge is 2.35. The maximum Gasteiger partial charge on any atom is 0.237 e. The van der Waals surface area contributed by atoms with E-state index in [1.807, 2.05) is 14.1 Å². The summed E-state index contributed by atoms with van der Waals surface area (Å²) in [5.74, 6) is 0.231. The standard InChI is InChI=1S/C15H30N4O/c1-12(18(2)3)11-17-15(20)14-5-4-10-19(14)13-6-8-16-9-7-13/h12-14,16H,4-11H2,1-3H3,(H,17,20). The van der Waals surface area contributed by atoms with Gasteiger partial charge in [-0.3, -0.25) is 9.69 Å². The lowest BCUT2D eigenvalue weighted by Crippen LogP contribution is -2.52. The predicted octanol–water partition coefficient (Wildman–Crippen LogP) is 0.269. The number of likely N-dealkylation sites (N-methyl/N-ethyl adjacent to an activating group) is 1. The third kappa shape index (κ3) is 3.93. The third-order valence-electron chi connectivity index (χ3n) is 4.83. The predicted molar refractivity (Wildman–Crippen MR) is 81.8 cm³/mol. The van der Waals surface area contributed by atoms with Crippen molar-refractivity contribution in [3.05, 3.63) is 0 Å². The fourth-order valence-electron chi connectivity index (χ4n) is 3.19. The molecule has 0 radical (unpaired) electrons. The van der Waals surface area contributed by atoms with E-state index in [1.54, 1.807) is 0 Å². The topological polar surface area (TPSA) is 47.6 Å². The number of carbonyl (C=O) groups excluding carboxylic acids is 1. The Kier molecular flexibility index (Phi) is 5.81. The van der Waals surface area contributed by atoms with Gasteiger partial charge in [-0.15, -0.1) is 0 Å². The molecule has 2 N–H and O–H groups in total. The van der Waals surface area contributed by atoms with Crippen molar-refractivity contribution in [1.82, 2.24) is 20.4 Å². The average Bonchev–Trinajstić information content (AvgIpc) is 2.94. The maximum atomic E-state index is 12.4. The van der Waals surface area contributed by atoms with Crippen LogP contribution in [0.25, 0.3) is 0 Å². The van der Waals surface area contributed by atoms with E-state index in [-0.39, 0.29) is 11.9 Å². The van der Waals surface area contributed by atoms with Crippen molar-refractivity contribution in [3.63, 3.8) is 0 Å². The monoisotopic (exact) mass is 282 g/mol. The Morgan fingerprint density at radius 3 is 2.70 bits per heavy atom. The lowest BCUT2D eigenvalue weighted by atomic mass is 10.0. The molecule has 1 amide bonds. The number of hydrogen-bond acceptors (Lipinski definition) is 4. The molecule has 5 nitrogen and oxygen atoms in total. The molecule has 0 aromatic rings. The number of carbonyl (C=O) groups is 1. The number of nitrogens with zero attached hydrogens (tertiary/aromatic N) is 2. The molecule has 2 saturated heterocycles. The van der Waals surface area contributed by atoms with E-state index >= 15 is 0 Å². The molecule has 2 aliphatic heterocycles. The van der Waals surface area contributed by atoms with Gasteiger partial charge in [-0.2, -0.15) is 0 Å². The van der Waals surface area contributed by atoms with Crippen LogP contribution in [0.4, 0.5) is 0 Å². The van der Waals surface area contributed by atoms with Crippen molar-refractivity contribution in [2.45, 2.75) is 50.7 Å². The highest BCUT2D eigenvalue weighted by molar-refractivity contribution is 5.82. The molecule has 0 aromatic carbocycles. The van der Waals surface area contributed by atoms with Crippen molar-refractivity contribution in [3.8, 4) is 0 Å². The number of rotatable bonds is 5. The molecule has 116 valence electrons. The normalized spacial score (nSPS) is 26.9. The minimum Gasteiger partial charge on any atom is -0.353 e. The van der Waals surface area contributed by atoms with Gasteiger partial charge in [0, 0.05) is 18.6 Å². The molecule has 5 heteroatoms. The first-order valence-corrected chi connectivity index (χ1v) is 8.00. The highest BCUT2D eigenvalue weighted by atomic mass is 16.2. The van der Waals surface area contributed by atoms with E-state index in [2.05, 4.69) is 27.4 Å².